The molecule has 4 heteroatoms. The number of fused-ring (bicyclic) bond motifs is 3. The zero-order valence-corrected chi connectivity index (χ0v) is 10.4. The quantitative estimate of drug-likeness (QED) is 0.825. The molecule has 4 heterocycles. The molecular weight excluding hydrogens is 224 g/mol. The fraction of sp³-hybridized carbons (Fsp3) is 0.500. The predicted octanol–water partition coefficient (Wildman–Crippen LogP) is 1.66. The normalized spacial score (nSPS) is 27.7. The van der Waals surface area contributed by atoms with Gasteiger partial charge in [0.05, 0.1) is 0 Å². The van der Waals surface area contributed by atoms with E-state index in [1.165, 1.54) is 25.1 Å². The highest BCUT2D eigenvalue weighted by Gasteiger charge is 2.29. The van der Waals surface area contributed by atoms with Gasteiger partial charge in [0.2, 0.25) is 0 Å². The van der Waals surface area contributed by atoms with E-state index in [1.807, 2.05) is 6.20 Å². The molecule has 2 saturated heterocycles. The Kier molecular flexibility index (Phi) is 2.30. The molecule has 0 saturated carbocycles. The third-order valence-corrected chi connectivity index (χ3v) is 4.25. The van der Waals surface area contributed by atoms with Crippen molar-refractivity contribution in [3.8, 4) is 0 Å². The second-order valence-corrected chi connectivity index (χ2v) is 5.41. The molecule has 2 unspecified atom stereocenters. The Morgan fingerprint density at radius 2 is 2.11 bits per heavy atom. The third kappa shape index (κ3) is 1.60. The molecule has 2 aromatic heterocycles. The Labute approximate surface area is 107 Å². The van der Waals surface area contributed by atoms with Gasteiger partial charge >= 0.3 is 0 Å². The molecule has 2 aromatic rings. The second kappa shape index (κ2) is 3.99. The molecule has 94 valence electrons. The summed E-state index contributed by atoms with van der Waals surface area (Å²) in [5.41, 5.74) is 1.04. The lowest BCUT2D eigenvalue weighted by atomic mass is 10.1. The summed E-state index contributed by atoms with van der Waals surface area (Å²) < 4.78 is 2.19. The zero-order valence-electron chi connectivity index (χ0n) is 10.4. The Morgan fingerprint density at radius 3 is 3.11 bits per heavy atom. The van der Waals surface area contributed by atoms with Gasteiger partial charge in [-0.1, -0.05) is 6.07 Å². The van der Waals surface area contributed by atoms with Crippen molar-refractivity contribution >= 4 is 11.5 Å². The SMILES string of the molecule is c1cc(N2CCC3CCC(C2)N3)n2ccnc2c1. The lowest BCUT2D eigenvalue weighted by molar-refractivity contribution is 0.563. The summed E-state index contributed by atoms with van der Waals surface area (Å²) in [7, 11) is 0. The van der Waals surface area contributed by atoms with Crippen LogP contribution in [-0.4, -0.2) is 34.6 Å². The maximum absolute atomic E-state index is 4.37. The predicted molar refractivity (Wildman–Crippen MR) is 72.0 cm³/mol. The molecule has 2 aliphatic rings. The Balaban J connectivity index is 1.71. The van der Waals surface area contributed by atoms with Crippen LogP contribution in [0.3, 0.4) is 0 Å². The van der Waals surface area contributed by atoms with Crippen LogP contribution in [0.25, 0.3) is 5.65 Å². The van der Waals surface area contributed by atoms with E-state index in [4.69, 9.17) is 0 Å². The van der Waals surface area contributed by atoms with Crippen LogP contribution < -0.4 is 10.2 Å². The van der Waals surface area contributed by atoms with Crippen LogP contribution in [0.2, 0.25) is 0 Å². The average Bonchev–Trinajstić information content (AvgIpc) is 2.95. The van der Waals surface area contributed by atoms with Crippen molar-refractivity contribution in [3.05, 3.63) is 30.6 Å². The van der Waals surface area contributed by atoms with Crippen LogP contribution in [0.4, 0.5) is 5.82 Å². The largest absolute Gasteiger partial charge is 0.356 e. The van der Waals surface area contributed by atoms with Gasteiger partial charge in [-0.2, -0.15) is 0 Å². The van der Waals surface area contributed by atoms with E-state index in [-0.39, 0.29) is 0 Å². The molecule has 1 N–H and O–H groups in total. The van der Waals surface area contributed by atoms with Crippen molar-refractivity contribution in [3.63, 3.8) is 0 Å². The summed E-state index contributed by atoms with van der Waals surface area (Å²) in [6, 6.07) is 7.77. The molecule has 4 nitrogen and oxygen atoms in total. The fourth-order valence-electron chi connectivity index (χ4n) is 3.34. The number of hydrogen-bond acceptors (Lipinski definition) is 3. The van der Waals surface area contributed by atoms with Crippen molar-refractivity contribution in [2.24, 2.45) is 0 Å². The monoisotopic (exact) mass is 242 g/mol. The highest BCUT2D eigenvalue weighted by molar-refractivity contribution is 5.51. The number of imidazole rings is 1. The van der Waals surface area contributed by atoms with E-state index in [9.17, 15) is 0 Å². The Hall–Kier alpha value is -1.55. The van der Waals surface area contributed by atoms with E-state index in [1.54, 1.807) is 0 Å². The fourth-order valence-corrected chi connectivity index (χ4v) is 3.34. The average molecular weight is 242 g/mol. The molecule has 0 aliphatic carbocycles. The van der Waals surface area contributed by atoms with Crippen LogP contribution in [0.15, 0.2) is 30.6 Å². The van der Waals surface area contributed by atoms with Crippen LogP contribution in [0, 0.1) is 0 Å². The van der Waals surface area contributed by atoms with Crippen molar-refractivity contribution in [1.29, 1.82) is 0 Å². The number of anilines is 1. The van der Waals surface area contributed by atoms with Crippen molar-refractivity contribution in [2.45, 2.75) is 31.3 Å². The van der Waals surface area contributed by atoms with Gasteiger partial charge in [0.1, 0.15) is 11.5 Å². The summed E-state index contributed by atoms with van der Waals surface area (Å²) in [6.45, 7) is 2.26. The lowest BCUT2D eigenvalue weighted by Gasteiger charge is -2.27. The number of nitrogens with zero attached hydrogens (tertiary/aromatic N) is 3. The van der Waals surface area contributed by atoms with Crippen molar-refractivity contribution < 1.29 is 0 Å². The number of hydrogen-bond donors (Lipinski definition) is 1. The minimum atomic E-state index is 0.663. The molecule has 2 bridgehead atoms. The van der Waals surface area contributed by atoms with Crippen LogP contribution in [0.1, 0.15) is 19.3 Å². The summed E-state index contributed by atoms with van der Waals surface area (Å²) in [6.07, 6.45) is 7.86. The van der Waals surface area contributed by atoms with Gasteiger partial charge in [-0.15, -0.1) is 0 Å². The van der Waals surface area contributed by atoms with Gasteiger partial charge in [-0.3, -0.25) is 4.40 Å². The van der Waals surface area contributed by atoms with Crippen LogP contribution >= 0.6 is 0 Å². The second-order valence-electron chi connectivity index (χ2n) is 5.41. The standard InChI is InChI=1S/C14H18N4/c1-2-13-15-7-9-18(13)14(3-1)17-8-6-11-4-5-12(10-17)16-11/h1-3,7,9,11-12,16H,4-6,8,10H2. The number of rotatable bonds is 1. The zero-order chi connectivity index (χ0) is 11.9. The van der Waals surface area contributed by atoms with Gasteiger partial charge in [0, 0.05) is 37.6 Å². The third-order valence-electron chi connectivity index (χ3n) is 4.25. The van der Waals surface area contributed by atoms with Gasteiger partial charge < -0.3 is 10.2 Å². The summed E-state index contributed by atoms with van der Waals surface area (Å²) in [4.78, 5) is 6.87. The summed E-state index contributed by atoms with van der Waals surface area (Å²) >= 11 is 0. The first-order valence-corrected chi connectivity index (χ1v) is 6.83. The molecule has 2 atom stereocenters. The van der Waals surface area contributed by atoms with E-state index >= 15 is 0 Å². The smallest absolute Gasteiger partial charge is 0.138 e. The summed E-state index contributed by atoms with van der Waals surface area (Å²) in [5.74, 6) is 1.28. The molecule has 0 aromatic carbocycles. The van der Waals surface area contributed by atoms with Gasteiger partial charge in [-0.25, -0.2) is 4.98 Å². The molecule has 4 rings (SSSR count). The van der Waals surface area contributed by atoms with Gasteiger partial charge in [0.15, 0.2) is 0 Å². The summed E-state index contributed by atoms with van der Waals surface area (Å²) in [5, 5.41) is 3.73. The van der Waals surface area contributed by atoms with E-state index in [0.717, 1.165) is 24.8 Å². The molecule has 0 amide bonds. The number of nitrogens with one attached hydrogen (secondary N) is 1. The van der Waals surface area contributed by atoms with Crippen LogP contribution in [-0.2, 0) is 0 Å². The topological polar surface area (TPSA) is 32.6 Å². The first-order valence-electron chi connectivity index (χ1n) is 6.83. The Morgan fingerprint density at radius 1 is 1.17 bits per heavy atom. The molecule has 2 aliphatic heterocycles. The molecule has 18 heavy (non-hydrogen) atoms. The van der Waals surface area contributed by atoms with E-state index < -0.39 is 0 Å². The molecule has 0 spiro atoms. The van der Waals surface area contributed by atoms with Crippen molar-refractivity contribution in [2.75, 3.05) is 18.0 Å². The molecular formula is C14H18N4. The first-order chi connectivity index (χ1) is 8.90. The minimum absolute atomic E-state index is 0.663. The maximum Gasteiger partial charge on any atom is 0.138 e. The molecule has 0 radical (unpaired) electrons. The number of pyridine rings is 1. The first kappa shape index (κ1) is 10.4. The van der Waals surface area contributed by atoms with Gasteiger partial charge in [-0.05, 0) is 31.4 Å². The van der Waals surface area contributed by atoms with Crippen LogP contribution in [0.5, 0.6) is 0 Å². The highest BCUT2D eigenvalue weighted by Crippen LogP contribution is 2.25. The van der Waals surface area contributed by atoms with Crippen molar-refractivity contribution in [1.82, 2.24) is 14.7 Å². The van der Waals surface area contributed by atoms with Gasteiger partial charge in [0.25, 0.3) is 0 Å². The maximum atomic E-state index is 4.37. The Bertz CT molecular complexity index is 562. The van der Waals surface area contributed by atoms with E-state index in [2.05, 4.69) is 44.0 Å². The number of aromatic nitrogens is 2. The minimum Gasteiger partial charge on any atom is -0.356 e. The lowest BCUT2D eigenvalue weighted by Crippen LogP contribution is -2.36. The molecule has 2 fully saturated rings. The van der Waals surface area contributed by atoms with E-state index in [0.29, 0.717) is 6.04 Å². The highest BCUT2D eigenvalue weighted by atomic mass is 15.3.